The van der Waals surface area contributed by atoms with Crippen LogP contribution in [0.15, 0.2) is 516 Å². The summed E-state index contributed by atoms with van der Waals surface area (Å²) in [4.78, 5) is 53.7. The van der Waals surface area contributed by atoms with E-state index in [0.717, 1.165) is 214 Å². The molecule has 0 saturated carbocycles. The molecule has 144 heavy (non-hydrogen) atoms. The molecule has 0 fully saturated rings. The lowest BCUT2D eigenvalue weighted by molar-refractivity contribution is 1.02. The molecule has 19 aromatic carbocycles. The molecule has 0 unspecified atom stereocenters. The van der Waals surface area contributed by atoms with E-state index in [-0.39, 0.29) is 0 Å². The zero-order valence-corrected chi connectivity index (χ0v) is 77.8. The van der Waals surface area contributed by atoms with E-state index >= 15 is 0 Å². The third-order valence-corrected chi connectivity index (χ3v) is 26.9. The van der Waals surface area contributed by atoms with Gasteiger partial charge >= 0.3 is 0 Å². The molecule has 15 nitrogen and oxygen atoms in total. The van der Waals surface area contributed by atoms with Gasteiger partial charge in [-0.2, -0.15) is 0 Å². The van der Waals surface area contributed by atoms with Gasteiger partial charge in [-0.3, -0.25) is 28.4 Å². The van der Waals surface area contributed by atoms with Crippen LogP contribution in [0.5, 0.6) is 0 Å². The van der Waals surface area contributed by atoms with Crippen molar-refractivity contribution in [2.75, 3.05) is 14.7 Å². The summed E-state index contributed by atoms with van der Waals surface area (Å²) < 4.78 is 6.77. The van der Waals surface area contributed by atoms with Gasteiger partial charge in [0.2, 0.25) is 17.8 Å². The van der Waals surface area contributed by atoms with Gasteiger partial charge in [0.05, 0.1) is 84.3 Å². The molecule has 3 aliphatic heterocycles. The summed E-state index contributed by atoms with van der Waals surface area (Å²) in [7, 11) is 0. The minimum absolute atomic E-state index is 0.640. The number of imidazole rings is 3. The molecule has 25 aromatic rings. The second-order valence-corrected chi connectivity index (χ2v) is 35.6. The molecular weight excluding hydrogens is 1760 g/mol. The number of benzene rings is 19. The van der Waals surface area contributed by atoms with Crippen molar-refractivity contribution in [1.82, 2.24) is 58.6 Å². The minimum atomic E-state index is 0.640. The molecule has 0 saturated heterocycles. The summed E-state index contributed by atoms with van der Waals surface area (Å²) in [6.45, 7) is 0. The van der Waals surface area contributed by atoms with Crippen molar-refractivity contribution in [3.05, 3.63) is 516 Å². The van der Waals surface area contributed by atoms with Gasteiger partial charge < -0.3 is 0 Å². The first kappa shape index (κ1) is 84.7. The predicted molar refractivity (Wildman–Crippen MR) is 585 cm³/mol. The van der Waals surface area contributed by atoms with Gasteiger partial charge in [-0.1, -0.05) is 419 Å². The van der Waals surface area contributed by atoms with Crippen molar-refractivity contribution in [2.24, 2.45) is 0 Å². The lowest BCUT2D eigenvalue weighted by Gasteiger charge is -2.24. The topological polar surface area (TPSA) is 141 Å². The van der Waals surface area contributed by atoms with E-state index < -0.39 is 0 Å². The van der Waals surface area contributed by atoms with Gasteiger partial charge in [-0.05, 0) is 123 Å². The van der Waals surface area contributed by atoms with E-state index in [9.17, 15) is 0 Å². The number of hydrogen-bond acceptors (Lipinski definition) is 12. The fourth-order valence-corrected chi connectivity index (χ4v) is 20.1. The van der Waals surface area contributed by atoms with Crippen LogP contribution in [0, 0.1) is 0 Å². The second kappa shape index (κ2) is 36.6. The van der Waals surface area contributed by atoms with Crippen molar-refractivity contribution in [3.63, 3.8) is 0 Å². The highest BCUT2D eigenvalue weighted by Crippen LogP contribution is 2.53. The summed E-state index contributed by atoms with van der Waals surface area (Å²) in [6.07, 6.45) is 0. The number of para-hydroxylation sites is 12. The third kappa shape index (κ3) is 15.6. The van der Waals surface area contributed by atoms with Gasteiger partial charge in [0, 0.05) is 85.0 Å². The largest absolute Gasteiger partial charge is 0.277 e. The second-order valence-electron chi connectivity index (χ2n) is 35.6. The Balaban J connectivity index is 0.000000110. The maximum atomic E-state index is 5.35. The van der Waals surface area contributed by atoms with E-state index in [0.29, 0.717) is 17.5 Å². The number of aromatic nitrogens is 12. The fraction of sp³-hybridized carbons (Fsp3) is 0. The highest BCUT2D eigenvalue weighted by atomic mass is 15.4. The molecule has 0 spiro atoms. The Morgan fingerprint density at radius 1 is 0.132 bits per heavy atom. The lowest BCUT2D eigenvalue weighted by Crippen LogP contribution is -2.16. The van der Waals surface area contributed by atoms with E-state index in [1.54, 1.807) is 0 Å². The Morgan fingerprint density at radius 2 is 0.340 bits per heavy atom. The van der Waals surface area contributed by atoms with Crippen LogP contribution < -0.4 is 14.7 Å². The van der Waals surface area contributed by atoms with Crippen LogP contribution in [0.25, 0.3) is 196 Å². The molecular formula is C129H85N15. The van der Waals surface area contributed by atoms with Crippen LogP contribution in [0.2, 0.25) is 0 Å². The Morgan fingerprint density at radius 3 is 0.653 bits per heavy atom. The SMILES string of the molecule is c1ccc(-c2ccc(-c3cc(N4c5ccccc5-c5ccccc5-n5c4nc4ccccc45)nc(-c4ccc(-c5ccccc5)cc4)n3)cc2)cc1.c1ccc(-c2ccc(-c3cc(N4c5ccccc5-c5ccccc5-n5c4nc4ccccc45)nc(-c4ccccc4)n3)cc2)cc1.c1ccc(-c2cccc(-c3cc(N4c5ccccc5-c5ccccc5-n5c4nc4ccccc45)nc(-c4ccccc4)n3)c2)cc1. The molecule has 0 amide bonds. The average Bonchev–Trinajstić information content (AvgIpc) is 1.58. The number of fused-ring (bicyclic) bond motifs is 21. The van der Waals surface area contributed by atoms with Crippen molar-refractivity contribution >= 4 is 85.5 Å². The third-order valence-electron chi connectivity index (χ3n) is 26.9. The van der Waals surface area contributed by atoms with E-state index in [1.165, 1.54) is 16.7 Å². The minimum Gasteiger partial charge on any atom is -0.277 e. The molecule has 0 atom stereocenters. The normalized spacial score (nSPS) is 11.8. The maximum Gasteiger partial charge on any atom is 0.221 e. The molecule has 28 rings (SSSR count). The van der Waals surface area contributed by atoms with Crippen LogP contribution in [0.3, 0.4) is 0 Å². The quantitative estimate of drug-likeness (QED) is 0.108. The monoisotopic (exact) mass is 1840 g/mol. The summed E-state index contributed by atoms with van der Waals surface area (Å²) in [5, 5.41) is 0. The highest BCUT2D eigenvalue weighted by molar-refractivity contribution is 6.01. The molecule has 3 aliphatic rings. The van der Waals surface area contributed by atoms with Crippen molar-refractivity contribution < 1.29 is 0 Å². The van der Waals surface area contributed by atoms with Gasteiger partial charge in [0.1, 0.15) is 17.5 Å². The first-order valence-corrected chi connectivity index (χ1v) is 48.2. The number of nitrogens with zero attached hydrogens (tertiary/aromatic N) is 15. The Labute approximate surface area is 831 Å². The predicted octanol–water partition coefficient (Wildman–Crippen LogP) is 32.5. The number of hydrogen-bond donors (Lipinski definition) is 0. The van der Waals surface area contributed by atoms with Crippen LogP contribution in [0.1, 0.15) is 0 Å². The molecule has 0 aliphatic carbocycles. The van der Waals surface area contributed by atoms with Gasteiger partial charge in [-0.25, -0.2) is 44.9 Å². The van der Waals surface area contributed by atoms with Gasteiger partial charge in [0.25, 0.3) is 0 Å². The molecule has 0 N–H and O–H groups in total. The number of anilines is 9. The van der Waals surface area contributed by atoms with E-state index in [4.69, 9.17) is 44.9 Å². The molecule has 0 bridgehead atoms. The van der Waals surface area contributed by atoms with Gasteiger partial charge in [0.15, 0.2) is 17.5 Å². The molecule has 6 aromatic heterocycles. The van der Waals surface area contributed by atoms with E-state index in [2.05, 4.69) is 465 Å². The molecule has 0 radical (unpaired) electrons. The molecule has 15 heteroatoms. The Kier molecular flexibility index (Phi) is 21.5. The lowest BCUT2D eigenvalue weighted by atomic mass is 10.0. The van der Waals surface area contributed by atoms with Crippen molar-refractivity contribution in [1.29, 1.82) is 0 Å². The summed E-state index contributed by atoms with van der Waals surface area (Å²) in [5.74, 6) is 6.49. The number of rotatable bonds is 13. The maximum absolute atomic E-state index is 5.35. The Bertz CT molecular complexity index is 9030. The highest BCUT2D eigenvalue weighted by Gasteiger charge is 2.36. The summed E-state index contributed by atoms with van der Waals surface area (Å²) in [5.41, 5.74) is 36.5. The van der Waals surface area contributed by atoms with Gasteiger partial charge in [-0.15, -0.1) is 0 Å². The smallest absolute Gasteiger partial charge is 0.221 e. The summed E-state index contributed by atoms with van der Waals surface area (Å²) in [6, 6.07) is 179. The average molecular weight is 1850 g/mol. The van der Waals surface area contributed by atoms with Crippen molar-refractivity contribution in [3.8, 4) is 163 Å². The first-order valence-electron chi connectivity index (χ1n) is 48.2. The first-order chi connectivity index (χ1) is 71.4. The van der Waals surface area contributed by atoms with Crippen molar-refractivity contribution in [2.45, 2.75) is 0 Å². The zero-order valence-electron chi connectivity index (χ0n) is 77.8. The van der Waals surface area contributed by atoms with Crippen LogP contribution in [-0.4, -0.2) is 58.6 Å². The van der Waals surface area contributed by atoms with Crippen LogP contribution in [-0.2, 0) is 0 Å². The molecule has 676 valence electrons. The fourth-order valence-electron chi connectivity index (χ4n) is 20.1. The Hall–Kier alpha value is -19.8. The zero-order chi connectivity index (χ0) is 95.3. The van der Waals surface area contributed by atoms with Crippen LogP contribution in [0.4, 0.5) is 52.4 Å². The van der Waals surface area contributed by atoms with E-state index in [1.807, 2.05) is 78.9 Å². The van der Waals surface area contributed by atoms with Crippen LogP contribution >= 0.6 is 0 Å². The molecule has 9 heterocycles. The summed E-state index contributed by atoms with van der Waals surface area (Å²) >= 11 is 0. The standard InChI is InChI=1S/C47H31N5.2C41H27N5/c1-3-13-32(14-4-1)34-23-27-36(28-24-34)41-31-45(50-46(48-41)37-29-25-35(26-30-37)33-15-5-2-6-16-33)52-43-21-11-8-18-39(43)38-17-7-10-20-42(38)51-44-22-12-9-19-40(44)49-47(51)52;1-3-14-28(15-4-1)30-18-13-19-31(26-30)35-27-39(44-40(42-35)29-16-5-2-6-17-29)46-37-24-11-8-21-33(37)32-20-7-10-23-36(32)45-38-25-12-9-22-34(38)43-41(45)46;1-3-13-28(14-4-1)29-23-25-30(26-24-29)35-27-39(44-40(42-35)31-15-5-2-6-16-31)46-37-21-11-8-18-33(37)32-17-7-10-20-36(32)45-38-22-12-9-19-34(38)43-41(45)46/h1-31H;2*1-27H.